The minimum atomic E-state index is -5.98. The fourth-order valence-corrected chi connectivity index (χ4v) is 5.66. The molecule has 180 valence electrons. The second kappa shape index (κ2) is 8.05. The minimum absolute atomic E-state index is 0.0343. The van der Waals surface area contributed by atoms with E-state index in [1.165, 1.54) is 0 Å². The summed E-state index contributed by atoms with van der Waals surface area (Å²) in [6.07, 6.45) is 0.827. The molecular weight excluding hydrogens is 461 g/mol. The first-order valence-electron chi connectivity index (χ1n) is 10.6. The van der Waals surface area contributed by atoms with Crippen LogP contribution < -0.4 is 0 Å². The number of ether oxygens (including phenoxy) is 1. The van der Waals surface area contributed by atoms with E-state index in [0.29, 0.717) is 6.42 Å². The lowest BCUT2D eigenvalue weighted by atomic mass is 9.80. The largest absolute Gasteiger partial charge is 0.534 e. The Kier molecular flexibility index (Phi) is 5.76. The van der Waals surface area contributed by atoms with E-state index in [-0.39, 0.29) is 30.5 Å². The van der Waals surface area contributed by atoms with Gasteiger partial charge >= 0.3 is 21.6 Å². The molecule has 2 aliphatic heterocycles. The van der Waals surface area contributed by atoms with Gasteiger partial charge in [-0.1, -0.05) is 25.1 Å². The standard InChI is InChI=1S/C22H25F3N2O5S/c1-5-12(2)27-17-11-15(21(28)31-4)20(32-33(29,30)22(23,24)25)18(27)10-14-13-8-6-7-9-16(13)26(3)19(14)17/h6-9,12,17-18H,5,10-11H2,1-4H3. The number of esters is 1. The van der Waals surface area contributed by atoms with Crippen LogP contribution in [0.5, 0.6) is 0 Å². The lowest BCUT2D eigenvalue weighted by molar-refractivity contribution is -0.137. The van der Waals surface area contributed by atoms with Crippen LogP contribution in [0.15, 0.2) is 35.6 Å². The molecule has 3 heterocycles. The summed E-state index contributed by atoms with van der Waals surface area (Å²) < 4.78 is 75.2. The smallest absolute Gasteiger partial charge is 0.466 e. The van der Waals surface area contributed by atoms with Crippen LogP contribution in [0.4, 0.5) is 13.2 Å². The average molecular weight is 487 g/mol. The van der Waals surface area contributed by atoms with Crippen molar-refractivity contribution in [2.45, 2.75) is 56.7 Å². The van der Waals surface area contributed by atoms with E-state index in [4.69, 9.17) is 8.92 Å². The normalized spacial score (nSPS) is 22.3. The second-order valence-corrected chi connectivity index (χ2v) is 9.94. The van der Waals surface area contributed by atoms with E-state index in [0.717, 1.165) is 29.3 Å². The summed E-state index contributed by atoms with van der Waals surface area (Å²) in [6.45, 7) is 3.86. The van der Waals surface area contributed by atoms with Gasteiger partial charge in [-0.2, -0.15) is 21.6 Å². The van der Waals surface area contributed by atoms with Gasteiger partial charge in [-0.3, -0.25) is 4.90 Å². The van der Waals surface area contributed by atoms with Gasteiger partial charge in [-0.15, -0.1) is 0 Å². The highest BCUT2D eigenvalue weighted by Crippen LogP contribution is 2.49. The highest BCUT2D eigenvalue weighted by Gasteiger charge is 2.53. The third kappa shape index (κ3) is 3.61. The minimum Gasteiger partial charge on any atom is -0.466 e. The monoisotopic (exact) mass is 486 g/mol. The Hall–Kier alpha value is -2.53. The summed E-state index contributed by atoms with van der Waals surface area (Å²) in [6, 6.07) is 6.31. The number of halogens is 3. The van der Waals surface area contributed by atoms with E-state index < -0.39 is 33.4 Å². The maximum Gasteiger partial charge on any atom is 0.534 e. The molecule has 7 nitrogen and oxygen atoms in total. The second-order valence-electron chi connectivity index (χ2n) is 8.40. The van der Waals surface area contributed by atoms with Crippen LogP contribution in [0.3, 0.4) is 0 Å². The van der Waals surface area contributed by atoms with Crippen molar-refractivity contribution in [1.29, 1.82) is 0 Å². The number of hydrogen-bond acceptors (Lipinski definition) is 6. The molecule has 2 aliphatic rings. The number of nitrogens with zero attached hydrogens (tertiary/aromatic N) is 2. The van der Waals surface area contributed by atoms with Crippen molar-refractivity contribution in [2.24, 2.45) is 7.05 Å². The summed E-state index contributed by atoms with van der Waals surface area (Å²) in [5.74, 6) is -1.40. The predicted molar refractivity (Wildman–Crippen MR) is 114 cm³/mol. The highest BCUT2D eigenvalue weighted by atomic mass is 32.2. The van der Waals surface area contributed by atoms with Crippen molar-refractivity contribution in [3.63, 3.8) is 0 Å². The number of aryl methyl sites for hydroxylation is 1. The Balaban J connectivity index is 1.96. The molecule has 4 rings (SSSR count). The number of carbonyl (C=O) groups excluding carboxylic acids is 1. The maximum absolute atomic E-state index is 13.2. The van der Waals surface area contributed by atoms with Gasteiger partial charge < -0.3 is 13.5 Å². The lowest BCUT2D eigenvalue weighted by Gasteiger charge is -2.49. The fourth-order valence-electron chi connectivity index (χ4n) is 5.12. The van der Waals surface area contributed by atoms with Gasteiger partial charge in [-0.25, -0.2) is 4.79 Å². The van der Waals surface area contributed by atoms with Crippen LogP contribution in [0.1, 0.15) is 44.0 Å². The fraction of sp³-hybridized carbons (Fsp3) is 0.500. The van der Waals surface area contributed by atoms with Crippen molar-refractivity contribution < 1.29 is 35.3 Å². The number of para-hydroxylation sites is 1. The van der Waals surface area contributed by atoms with Crippen LogP contribution >= 0.6 is 0 Å². The van der Waals surface area contributed by atoms with Crippen molar-refractivity contribution in [3.8, 4) is 0 Å². The van der Waals surface area contributed by atoms with E-state index in [1.807, 2.05) is 54.6 Å². The van der Waals surface area contributed by atoms with Crippen molar-refractivity contribution in [1.82, 2.24) is 9.47 Å². The van der Waals surface area contributed by atoms with Gasteiger partial charge in [0.25, 0.3) is 0 Å². The third-order valence-electron chi connectivity index (χ3n) is 6.71. The van der Waals surface area contributed by atoms with Crippen LogP contribution in [-0.2, 0) is 37.3 Å². The lowest BCUT2D eigenvalue weighted by Crippen LogP contribution is -2.53. The molecule has 2 aromatic rings. The van der Waals surface area contributed by atoms with Crippen molar-refractivity contribution in [2.75, 3.05) is 7.11 Å². The number of methoxy groups -OCH3 is 1. The molecule has 0 fully saturated rings. The zero-order chi connectivity index (χ0) is 24.3. The van der Waals surface area contributed by atoms with E-state index in [1.54, 1.807) is 0 Å². The summed E-state index contributed by atoms with van der Waals surface area (Å²) in [7, 11) is -2.96. The third-order valence-corrected chi connectivity index (χ3v) is 7.67. The number of fused-ring (bicyclic) bond motifs is 6. The molecule has 0 radical (unpaired) electrons. The summed E-state index contributed by atoms with van der Waals surface area (Å²) in [5, 5.41) is 0.938. The Morgan fingerprint density at radius 2 is 1.88 bits per heavy atom. The zero-order valence-electron chi connectivity index (χ0n) is 18.6. The molecule has 0 amide bonds. The van der Waals surface area contributed by atoms with E-state index >= 15 is 0 Å². The topological polar surface area (TPSA) is 77.8 Å². The van der Waals surface area contributed by atoms with Crippen LogP contribution in [0.2, 0.25) is 0 Å². The molecule has 2 bridgehead atoms. The first-order valence-corrected chi connectivity index (χ1v) is 12.0. The Morgan fingerprint density at radius 3 is 2.48 bits per heavy atom. The molecule has 0 aliphatic carbocycles. The number of alkyl halides is 3. The predicted octanol–water partition coefficient (Wildman–Crippen LogP) is 3.94. The van der Waals surface area contributed by atoms with Gasteiger partial charge in [0.2, 0.25) is 0 Å². The quantitative estimate of drug-likeness (QED) is 0.362. The number of aromatic nitrogens is 1. The van der Waals surface area contributed by atoms with Gasteiger partial charge in [0, 0.05) is 36.1 Å². The van der Waals surface area contributed by atoms with Crippen molar-refractivity contribution in [3.05, 3.63) is 46.9 Å². The van der Waals surface area contributed by atoms with Gasteiger partial charge in [-0.05, 0) is 31.4 Å². The molecular formula is C22H25F3N2O5S. The summed E-state index contributed by atoms with van der Waals surface area (Å²) in [4.78, 5) is 14.6. The van der Waals surface area contributed by atoms with Gasteiger partial charge in [0.15, 0.2) is 0 Å². The summed E-state index contributed by atoms with van der Waals surface area (Å²) in [5.41, 5.74) is -3.00. The van der Waals surface area contributed by atoms with Gasteiger partial charge in [0.1, 0.15) is 5.76 Å². The van der Waals surface area contributed by atoms with Crippen LogP contribution in [0.25, 0.3) is 10.9 Å². The molecule has 1 aromatic carbocycles. The maximum atomic E-state index is 13.2. The SMILES string of the molecule is CCC(C)N1C2Cc3c(n(C)c4ccccc34)C1CC(C(=O)OC)=C2OS(=O)(=O)C(F)(F)F. The highest BCUT2D eigenvalue weighted by molar-refractivity contribution is 7.87. The molecule has 0 saturated heterocycles. The van der Waals surface area contributed by atoms with Crippen LogP contribution in [-0.4, -0.2) is 48.6 Å². The Labute approximate surface area is 189 Å². The molecule has 3 atom stereocenters. The van der Waals surface area contributed by atoms with E-state index in [2.05, 4.69) is 0 Å². The average Bonchev–Trinajstić information content (AvgIpc) is 3.05. The number of rotatable bonds is 5. The molecule has 0 spiro atoms. The molecule has 11 heteroatoms. The zero-order valence-corrected chi connectivity index (χ0v) is 19.5. The van der Waals surface area contributed by atoms with E-state index in [9.17, 15) is 26.4 Å². The Morgan fingerprint density at radius 1 is 1.21 bits per heavy atom. The molecule has 3 unspecified atom stereocenters. The first-order chi connectivity index (χ1) is 15.4. The van der Waals surface area contributed by atoms with Crippen LogP contribution in [0, 0.1) is 0 Å². The number of benzene rings is 1. The molecule has 0 N–H and O–H groups in total. The molecule has 1 aromatic heterocycles. The van der Waals surface area contributed by atoms with Crippen molar-refractivity contribution >= 4 is 27.0 Å². The van der Waals surface area contributed by atoms with Gasteiger partial charge in [0.05, 0.1) is 24.8 Å². The molecule has 0 saturated carbocycles. The number of hydrogen-bond donors (Lipinski definition) is 0. The number of carbonyl (C=O) groups is 1. The molecule has 33 heavy (non-hydrogen) atoms. The Bertz CT molecular complexity index is 1250. The first kappa shape index (κ1) is 23.6. The summed E-state index contributed by atoms with van der Waals surface area (Å²) >= 11 is 0.